The summed E-state index contributed by atoms with van der Waals surface area (Å²) < 4.78 is 0. The molecule has 2 fully saturated rings. The van der Waals surface area contributed by atoms with Gasteiger partial charge in [-0.1, -0.05) is 6.42 Å². The number of anilines is 2. The van der Waals surface area contributed by atoms with Gasteiger partial charge in [0.25, 0.3) is 0 Å². The lowest BCUT2D eigenvalue weighted by Gasteiger charge is -2.47. The molecule has 4 nitrogen and oxygen atoms in total. The van der Waals surface area contributed by atoms with Gasteiger partial charge in [-0.2, -0.15) is 0 Å². The number of nitrogens with one attached hydrogen (secondary N) is 1. The molecule has 2 bridgehead atoms. The SMILES string of the molecule is Cc1cnc(NC2CC3CCCC(C2)N3C)cc1N. The number of piperidine rings is 2. The average Bonchev–Trinajstić information content (AvgIpc) is 2.35. The molecule has 1 aromatic heterocycles. The molecule has 0 spiro atoms. The number of nitrogens with two attached hydrogens (primary N) is 1. The van der Waals surface area contributed by atoms with Crippen molar-refractivity contribution in [2.45, 2.75) is 57.2 Å². The Hall–Kier alpha value is -1.29. The molecule has 0 saturated carbocycles. The molecule has 0 amide bonds. The number of nitrogens with zero attached hydrogens (tertiary/aromatic N) is 2. The third kappa shape index (κ3) is 2.54. The van der Waals surface area contributed by atoms with Crippen LogP contribution in [0.1, 0.15) is 37.7 Å². The lowest BCUT2D eigenvalue weighted by Crippen LogP contribution is -2.52. The van der Waals surface area contributed by atoms with E-state index >= 15 is 0 Å². The van der Waals surface area contributed by atoms with Crippen LogP contribution in [0.15, 0.2) is 12.3 Å². The summed E-state index contributed by atoms with van der Waals surface area (Å²) in [7, 11) is 2.28. The highest BCUT2D eigenvalue weighted by atomic mass is 15.2. The zero-order valence-corrected chi connectivity index (χ0v) is 11.9. The molecule has 2 saturated heterocycles. The molecule has 0 aliphatic carbocycles. The Morgan fingerprint density at radius 3 is 2.63 bits per heavy atom. The Bertz CT molecular complexity index is 445. The van der Waals surface area contributed by atoms with Crippen LogP contribution < -0.4 is 11.1 Å². The van der Waals surface area contributed by atoms with Crippen LogP contribution in [-0.4, -0.2) is 35.1 Å². The maximum absolute atomic E-state index is 5.95. The number of aryl methyl sites for hydroxylation is 1. The summed E-state index contributed by atoms with van der Waals surface area (Å²) in [6, 6.07) is 3.99. The van der Waals surface area contributed by atoms with E-state index in [9.17, 15) is 0 Å². The number of aromatic nitrogens is 1. The number of fused-ring (bicyclic) bond motifs is 2. The minimum absolute atomic E-state index is 0.543. The van der Waals surface area contributed by atoms with Crippen molar-refractivity contribution in [1.82, 2.24) is 9.88 Å². The van der Waals surface area contributed by atoms with E-state index in [2.05, 4.69) is 22.2 Å². The maximum Gasteiger partial charge on any atom is 0.128 e. The molecule has 2 unspecified atom stereocenters. The predicted octanol–water partition coefficient (Wildman–Crippen LogP) is 2.40. The molecule has 2 atom stereocenters. The van der Waals surface area contributed by atoms with Crippen molar-refractivity contribution in [2.24, 2.45) is 0 Å². The Labute approximate surface area is 115 Å². The maximum atomic E-state index is 5.95. The monoisotopic (exact) mass is 260 g/mol. The summed E-state index contributed by atoms with van der Waals surface area (Å²) in [5.74, 6) is 0.927. The minimum atomic E-state index is 0.543. The summed E-state index contributed by atoms with van der Waals surface area (Å²) in [5, 5.41) is 3.58. The lowest BCUT2D eigenvalue weighted by molar-refractivity contribution is 0.0608. The quantitative estimate of drug-likeness (QED) is 0.857. The molecular weight excluding hydrogens is 236 g/mol. The Balaban J connectivity index is 1.69. The van der Waals surface area contributed by atoms with Crippen LogP contribution in [0, 0.1) is 6.92 Å². The standard InChI is InChI=1S/C15H24N4/c1-10-9-17-15(8-14(10)16)18-11-6-12-4-3-5-13(7-11)19(12)2/h8-9,11-13H,3-7H2,1-2H3,(H3,16,17,18). The normalized spacial score (nSPS) is 31.2. The molecule has 4 heteroatoms. The van der Waals surface area contributed by atoms with E-state index < -0.39 is 0 Å². The van der Waals surface area contributed by atoms with Crippen molar-refractivity contribution in [3.63, 3.8) is 0 Å². The fourth-order valence-electron chi connectivity index (χ4n) is 3.56. The fraction of sp³-hybridized carbons (Fsp3) is 0.667. The van der Waals surface area contributed by atoms with Gasteiger partial charge < -0.3 is 16.0 Å². The molecule has 19 heavy (non-hydrogen) atoms. The van der Waals surface area contributed by atoms with Crippen molar-refractivity contribution in [3.05, 3.63) is 17.8 Å². The van der Waals surface area contributed by atoms with E-state index in [4.69, 9.17) is 5.73 Å². The van der Waals surface area contributed by atoms with Gasteiger partial charge in [-0.05, 0) is 45.2 Å². The Morgan fingerprint density at radius 2 is 2.00 bits per heavy atom. The van der Waals surface area contributed by atoms with E-state index in [-0.39, 0.29) is 0 Å². The van der Waals surface area contributed by atoms with Gasteiger partial charge in [0.15, 0.2) is 0 Å². The Kier molecular flexibility index (Phi) is 3.35. The van der Waals surface area contributed by atoms with Crippen LogP contribution in [0.3, 0.4) is 0 Å². The van der Waals surface area contributed by atoms with Crippen LogP contribution in [0.2, 0.25) is 0 Å². The van der Waals surface area contributed by atoms with Crippen molar-refractivity contribution < 1.29 is 0 Å². The highest BCUT2D eigenvalue weighted by Gasteiger charge is 2.35. The molecule has 3 rings (SSSR count). The highest BCUT2D eigenvalue weighted by molar-refractivity contribution is 5.53. The number of hydrogen-bond acceptors (Lipinski definition) is 4. The van der Waals surface area contributed by atoms with Gasteiger partial charge in [-0.25, -0.2) is 4.98 Å². The van der Waals surface area contributed by atoms with Crippen LogP contribution in [-0.2, 0) is 0 Å². The first-order valence-corrected chi connectivity index (χ1v) is 7.34. The average molecular weight is 260 g/mol. The second-order valence-electron chi connectivity index (χ2n) is 6.14. The van der Waals surface area contributed by atoms with Gasteiger partial charge >= 0.3 is 0 Å². The van der Waals surface area contributed by atoms with Gasteiger partial charge in [0.05, 0.1) is 0 Å². The van der Waals surface area contributed by atoms with Crippen LogP contribution in [0.5, 0.6) is 0 Å². The summed E-state index contributed by atoms with van der Waals surface area (Å²) >= 11 is 0. The van der Waals surface area contributed by atoms with Crippen LogP contribution >= 0.6 is 0 Å². The summed E-state index contributed by atoms with van der Waals surface area (Å²) in [5.41, 5.74) is 7.82. The van der Waals surface area contributed by atoms with E-state index in [0.29, 0.717) is 6.04 Å². The molecule has 2 aliphatic heterocycles. The number of nitrogen functional groups attached to an aromatic ring is 1. The molecular formula is C15H24N4. The third-order valence-corrected chi connectivity index (χ3v) is 4.84. The van der Waals surface area contributed by atoms with Gasteiger partial charge in [-0.15, -0.1) is 0 Å². The van der Waals surface area contributed by atoms with Crippen molar-refractivity contribution >= 4 is 11.5 Å². The smallest absolute Gasteiger partial charge is 0.128 e. The highest BCUT2D eigenvalue weighted by Crippen LogP contribution is 2.33. The predicted molar refractivity (Wildman–Crippen MR) is 79.2 cm³/mol. The summed E-state index contributed by atoms with van der Waals surface area (Å²) in [6.45, 7) is 1.99. The largest absolute Gasteiger partial charge is 0.398 e. The van der Waals surface area contributed by atoms with Crippen molar-refractivity contribution in [3.8, 4) is 0 Å². The zero-order valence-electron chi connectivity index (χ0n) is 11.9. The van der Waals surface area contributed by atoms with Gasteiger partial charge in [0, 0.05) is 36.1 Å². The number of hydrogen-bond donors (Lipinski definition) is 2. The second kappa shape index (κ2) is 5.00. The molecule has 2 aliphatic rings. The zero-order chi connectivity index (χ0) is 13.4. The molecule has 0 radical (unpaired) electrons. The Morgan fingerprint density at radius 1 is 1.32 bits per heavy atom. The first-order chi connectivity index (χ1) is 9.13. The van der Waals surface area contributed by atoms with E-state index in [0.717, 1.165) is 29.2 Å². The lowest BCUT2D eigenvalue weighted by atomic mass is 9.82. The van der Waals surface area contributed by atoms with Crippen molar-refractivity contribution in [1.29, 1.82) is 0 Å². The molecule has 1 aromatic rings. The van der Waals surface area contributed by atoms with E-state index in [1.165, 1.54) is 32.1 Å². The number of pyridine rings is 1. The van der Waals surface area contributed by atoms with Gasteiger partial charge in [0.1, 0.15) is 5.82 Å². The van der Waals surface area contributed by atoms with Gasteiger partial charge in [0.2, 0.25) is 0 Å². The molecule has 104 valence electrons. The van der Waals surface area contributed by atoms with Gasteiger partial charge in [-0.3, -0.25) is 0 Å². The van der Waals surface area contributed by atoms with Crippen LogP contribution in [0.4, 0.5) is 11.5 Å². The molecule has 3 heterocycles. The summed E-state index contributed by atoms with van der Waals surface area (Å²) in [6.07, 6.45) is 8.38. The fourth-order valence-corrected chi connectivity index (χ4v) is 3.56. The van der Waals surface area contributed by atoms with Crippen molar-refractivity contribution in [2.75, 3.05) is 18.1 Å². The van der Waals surface area contributed by atoms with E-state index in [1.807, 2.05) is 19.2 Å². The first-order valence-electron chi connectivity index (χ1n) is 7.34. The molecule has 3 N–H and O–H groups in total. The van der Waals surface area contributed by atoms with Crippen LogP contribution in [0.25, 0.3) is 0 Å². The topological polar surface area (TPSA) is 54.2 Å². The second-order valence-corrected chi connectivity index (χ2v) is 6.14. The third-order valence-electron chi connectivity index (χ3n) is 4.84. The summed E-state index contributed by atoms with van der Waals surface area (Å²) in [4.78, 5) is 7.02. The minimum Gasteiger partial charge on any atom is -0.398 e. The first kappa shape index (κ1) is 12.7. The number of rotatable bonds is 2. The van der Waals surface area contributed by atoms with E-state index in [1.54, 1.807) is 0 Å². The molecule has 0 aromatic carbocycles.